The van der Waals surface area contributed by atoms with Crippen molar-refractivity contribution < 1.29 is 13.2 Å². The summed E-state index contributed by atoms with van der Waals surface area (Å²) in [4.78, 5) is 12.7. The van der Waals surface area contributed by atoms with Crippen molar-refractivity contribution in [2.45, 2.75) is 24.7 Å². The van der Waals surface area contributed by atoms with Gasteiger partial charge in [-0.1, -0.05) is 17.7 Å². The third kappa shape index (κ3) is 4.11. The second-order valence-corrected chi connectivity index (χ2v) is 7.35. The van der Waals surface area contributed by atoms with Crippen LogP contribution < -0.4 is 10.2 Å². The number of hydrogen-bond acceptors (Lipinski definition) is 5. The Morgan fingerprint density at radius 3 is 2.70 bits per heavy atom. The van der Waals surface area contributed by atoms with Gasteiger partial charge in [-0.15, -0.1) is 0 Å². The topological polar surface area (TPSA) is 44.3 Å². The van der Waals surface area contributed by atoms with Gasteiger partial charge >= 0.3 is 6.18 Å². The van der Waals surface area contributed by atoms with Gasteiger partial charge in [-0.3, -0.25) is 4.90 Å². The van der Waals surface area contributed by atoms with Gasteiger partial charge in [0.2, 0.25) is 0 Å². The van der Waals surface area contributed by atoms with Gasteiger partial charge in [0.1, 0.15) is 17.3 Å². The molecule has 0 amide bonds. The van der Waals surface area contributed by atoms with Gasteiger partial charge in [0, 0.05) is 44.5 Å². The molecule has 9 heteroatoms. The number of rotatable bonds is 3. The van der Waals surface area contributed by atoms with Crippen molar-refractivity contribution in [2.24, 2.45) is 0 Å². The highest BCUT2D eigenvalue weighted by molar-refractivity contribution is 6.30. The zero-order valence-electron chi connectivity index (χ0n) is 14.5. The van der Waals surface area contributed by atoms with Crippen LogP contribution in [-0.4, -0.2) is 53.1 Å². The maximum absolute atomic E-state index is 12.8. The number of fused-ring (bicyclic) bond motifs is 1. The van der Waals surface area contributed by atoms with Crippen LogP contribution in [0.3, 0.4) is 0 Å². The average Bonchev–Trinajstić information content (AvgIpc) is 3.03. The van der Waals surface area contributed by atoms with Crippen LogP contribution >= 0.6 is 11.6 Å². The molecule has 0 aliphatic carbocycles. The Balaban J connectivity index is 1.39. The van der Waals surface area contributed by atoms with Crippen molar-refractivity contribution in [2.75, 3.05) is 36.4 Å². The molecule has 0 aromatic carbocycles. The maximum atomic E-state index is 12.8. The number of nitrogens with zero attached hydrogens (tertiary/aromatic N) is 4. The van der Waals surface area contributed by atoms with Crippen LogP contribution in [0.5, 0.6) is 0 Å². The number of pyridine rings is 2. The predicted octanol–water partition coefficient (Wildman–Crippen LogP) is 3.52. The van der Waals surface area contributed by atoms with E-state index in [9.17, 15) is 13.2 Å². The van der Waals surface area contributed by atoms with E-state index in [1.54, 1.807) is 12.3 Å². The van der Waals surface area contributed by atoms with Crippen LogP contribution in [-0.2, 0) is 6.18 Å². The smallest absolute Gasteiger partial charge is 0.366 e. The second-order valence-electron chi connectivity index (χ2n) is 6.91. The number of piperazine rings is 1. The lowest BCUT2D eigenvalue weighted by molar-refractivity contribution is -0.141. The summed E-state index contributed by atoms with van der Waals surface area (Å²) in [5.41, 5.74) is -0.872. The minimum absolute atomic E-state index is 0.0733. The Morgan fingerprint density at radius 2 is 1.96 bits per heavy atom. The Bertz CT molecular complexity index is 798. The zero-order valence-corrected chi connectivity index (χ0v) is 15.2. The first-order valence-corrected chi connectivity index (χ1v) is 9.17. The third-order valence-corrected chi connectivity index (χ3v) is 5.27. The lowest BCUT2D eigenvalue weighted by atomic mass is 10.1. The van der Waals surface area contributed by atoms with Gasteiger partial charge in [-0.25, -0.2) is 9.97 Å². The Labute approximate surface area is 160 Å². The highest BCUT2D eigenvalue weighted by Gasteiger charge is 2.37. The first kappa shape index (κ1) is 18.3. The van der Waals surface area contributed by atoms with Gasteiger partial charge in [0.25, 0.3) is 0 Å². The predicted molar refractivity (Wildman–Crippen MR) is 98.1 cm³/mol. The summed E-state index contributed by atoms with van der Waals surface area (Å²) in [7, 11) is 0. The van der Waals surface area contributed by atoms with Crippen LogP contribution in [0.2, 0.25) is 5.02 Å². The fourth-order valence-corrected chi connectivity index (χ4v) is 3.90. The zero-order chi connectivity index (χ0) is 19.0. The molecule has 2 saturated heterocycles. The molecule has 2 aliphatic rings. The van der Waals surface area contributed by atoms with E-state index < -0.39 is 11.9 Å². The SMILES string of the molecule is FC(F)(F)c1cccc(N[C@H]2C[C@H]3CN(c4ccc(Cl)cn4)CCN3C2)n1. The average molecular weight is 398 g/mol. The Hall–Kier alpha value is -2.06. The molecule has 0 unspecified atom stereocenters. The van der Waals surface area contributed by atoms with Crippen molar-refractivity contribution in [3.63, 3.8) is 0 Å². The third-order valence-electron chi connectivity index (χ3n) is 5.04. The van der Waals surface area contributed by atoms with Crippen molar-refractivity contribution in [3.8, 4) is 0 Å². The lowest BCUT2D eigenvalue weighted by Crippen LogP contribution is -2.50. The van der Waals surface area contributed by atoms with Crippen LogP contribution in [0.15, 0.2) is 36.5 Å². The minimum atomic E-state index is -4.43. The monoisotopic (exact) mass is 397 g/mol. The van der Waals surface area contributed by atoms with Gasteiger partial charge in [-0.05, 0) is 30.7 Å². The molecule has 4 rings (SSSR count). The molecule has 0 radical (unpaired) electrons. The van der Waals surface area contributed by atoms with Crippen molar-refractivity contribution in [1.29, 1.82) is 0 Å². The molecule has 2 aromatic heterocycles. The summed E-state index contributed by atoms with van der Waals surface area (Å²) in [5.74, 6) is 1.17. The van der Waals surface area contributed by atoms with E-state index in [1.807, 2.05) is 12.1 Å². The number of anilines is 2. The van der Waals surface area contributed by atoms with Crippen LogP contribution in [0, 0.1) is 0 Å². The maximum Gasteiger partial charge on any atom is 0.433 e. The molecule has 5 nitrogen and oxygen atoms in total. The van der Waals surface area contributed by atoms with Crippen molar-refractivity contribution in [1.82, 2.24) is 14.9 Å². The number of nitrogens with one attached hydrogen (secondary N) is 1. The van der Waals surface area contributed by atoms with E-state index in [2.05, 4.69) is 25.1 Å². The molecule has 144 valence electrons. The normalized spacial score (nSPS) is 23.3. The van der Waals surface area contributed by atoms with E-state index >= 15 is 0 Å². The summed E-state index contributed by atoms with van der Waals surface area (Å²) >= 11 is 5.90. The van der Waals surface area contributed by atoms with E-state index in [4.69, 9.17) is 11.6 Å². The van der Waals surface area contributed by atoms with E-state index in [1.165, 1.54) is 6.07 Å². The van der Waals surface area contributed by atoms with Gasteiger partial charge < -0.3 is 10.2 Å². The molecule has 27 heavy (non-hydrogen) atoms. The summed E-state index contributed by atoms with van der Waals surface area (Å²) in [6.07, 6.45) is -1.94. The van der Waals surface area contributed by atoms with E-state index in [0.717, 1.165) is 44.5 Å². The fourth-order valence-electron chi connectivity index (χ4n) is 3.79. The number of halogens is 4. The summed E-state index contributed by atoms with van der Waals surface area (Å²) in [6, 6.07) is 8.10. The summed E-state index contributed by atoms with van der Waals surface area (Å²) in [5, 5.41) is 3.77. The Kier molecular flexibility index (Phi) is 4.86. The highest BCUT2D eigenvalue weighted by Crippen LogP contribution is 2.30. The number of alkyl halides is 3. The molecule has 2 aromatic rings. The summed E-state index contributed by atoms with van der Waals surface area (Å²) < 4.78 is 38.5. The number of hydrogen-bond donors (Lipinski definition) is 1. The lowest BCUT2D eigenvalue weighted by Gasteiger charge is -2.37. The molecule has 1 N–H and O–H groups in total. The van der Waals surface area contributed by atoms with Gasteiger partial charge in [0.15, 0.2) is 0 Å². The fraction of sp³-hybridized carbons (Fsp3) is 0.444. The quantitative estimate of drug-likeness (QED) is 0.858. The molecular formula is C18H19ClF3N5. The van der Waals surface area contributed by atoms with Gasteiger partial charge in [-0.2, -0.15) is 13.2 Å². The van der Waals surface area contributed by atoms with Crippen molar-refractivity contribution in [3.05, 3.63) is 47.2 Å². The molecule has 2 aliphatic heterocycles. The molecule has 0 saturated carbocycles. The van der Waals surface area contributed by atoms with Crippen LogP contribution in [0.4, 0.5) is 24.8 Å². The first-order chi connectivity index (χ1) is 12.9. The molecule has 0 bridgehead atoms. The van der Waals surface area contributed by atoms with E-state index in [-0.39, 0.29) is 11.9 Å². The molecule has 4 heterocycles. The molecule has 2 atom stereocenters. The highest BCUT2D eigenvalue weighted by atomic mass is 35.5. The largest absolute Gasteiger partial charge is 0.433 e. The van der Waals surface area contributed by atoms with Gasteiger partial charge in [0.05, 0.1) is 5.02 Å². The molecule has 2 fully saturated rings. The van der Waals surface area contributed by atoms with Crippen LogP contribution in [0.25, 0.3) is 0 Å². The molecular weight excluding hydrogens is 379 g/mol. The first-order valence-electron chi connectivity index (χ1n) is 8.80. The Morgan fingerprint density at radius 1 is 1.11 bits per heavy atom. The standard InChI is InChI=1S/C18H19ClF3N5/c19-12-4-5-17(23-9-12)27-7-6-26-10-13(8-14(26)11-27)24-16-3-1-2-15(25-16)18(20,21)22/h1-5,9,13-14H,6-8,10-11H2,(H,24,25)/t13-,14-/m0/s1. The summed E-state index contributed by atoms with van der Waals surface area (Å²) in [6.45, 7) is 3.39. The minimum Gasteiger partial charge on any atom is -0.366 e. The van der Waals surface area contributed by atoms with Crippen molar-refractivity contribution >= 4 is 23.2 Å². The molecule has 0 spiro atoms. The second kappa shape index (κ2) is 7.16. The van der Waals surface area contributed by atoms with E-state index in [0.29, 0.717) is 11.1 Å². The number of aromatic nitrogens is 2. The van der Waals surface area contributed by atoms with Crippen LogP contribution in [0.1, 0.15) is 12.1 Å².